The van der Waals surface area contributed by atoms with Crippen LogP contribution in [0.2, 0.25) is 0 Å². The van der Waals surface area contributed by atoms with Gasteiger partial charge in [0.2, 0.25) is 5.91 Å². The third-order valence-corrected chi connectivity index (χ3v) is 4.10. The minimum Gasteiger partial charge on any atom is -0.489 e. The third-order valence-electron chi connectivity index (χ3n) is 4.10. The number of hydrogen-bond acceptors (Lipinski definition) is 5. The number of aromatic nitrogens is 1. The first-order valence-corrected chi connectivity index (χ1v) is 8.48. The van der Waals surface area contributed by atoms with Crippen LogP contribution >= 0.6 is 0 Å². The van der Waals surface area contributed by atoms with Crippen LogP contribution in [-0.2, 0) is 17.8 Å². The fourth-order valence-corrected chi connectivity index (χ4v) is 2.68. The molecular formula is C21H19N3O3. The lowest BCUT2D eigenvalue weighted by molar-refractivity contribution is -0.115. The predicted octanol–water partition coefficient (Wildman–Crippen LogP) is 3.92. The molecule has 0 saturated carbocycles. The van der Waals surface area contributed by atoms with Crippen molar-refractivity contribution in [3.05, 3.63) is 76.7 Å². The summed E-state index contributed by atoms with van der Waals surface area (Å²) in [5, 5.41) is 15.7. The van der Waals surface area contributed by atoms with Gasteiger partial charge in [-0.15, -0.1) is 0 Å². The van der Waals surface area contributed by atoms with E-state index in [2.05, 4.69) is 16.5 Å². The van der Waals surface area contributed by atoms with Crippen LogP contribution in [0.4, 0.5) is 5.69 Å². The minimum atomic E-state index is -0.150. The maximum absolute atomic E-state index is 12.3. The highest BCUT2D eigenvalue weighted by atomic mass is 16.5. The lowest BCUT2D eigenvalue weighted by Crippen LogP contribution is -2.15. The molecule has 136 valence electrons. The van der Waals surface area contributed by atoms with E-state index in [1.807, 2.05) is 31.2 Å². The Morgan fingerprint density at radius 1 is 1.22 bits per heavy atom. The Morgan fingerprint density at radius 3 is 2.78 bits per heavy atom. The predicted molar refractivity (Wildman–Crippen MR) is 100 cm³/mol. The molecule has 6 nitrogen and oxygen atoms in total. The first kappa shape index (κ1) is 18.2. The Balaban J connectivity index is 1.61. The topological polar surface area (TPSA) is 88.2 Å². The molecule has 0 aliphatic carbocycles. The molecule has 3 rings (SSSR count). The van der Waals surface area contributed by atoms with Crippen molar-refractivity contribution in [1.82, 2.24) is 5.16 Å². The van der Waals surface area contributed by atoms with Crippen LogP contribution in [0.25, 0.3) is 0 Å². The second kappa shape index (κ2) is 8.19. The van der Waals surface area contributed by atoms with Gasteiger partial charge in [0.05, 0.1) is 23.7 Å². The molecule has 6 heteroatoms. The van der Waals surface area contributed by atoms with E-state index in [0.29, 0.717) is 29.4 Å². The monoisotopic (exact) mass is 361 g/mol. The zero-order valence-corrected chi connectivity index (χ0v) is 15.2. The summed E-state index contributed by atoms with van der Waals surface area (Å²) >= 11 is 0. The van der Waals surface area contributed by atoms with Gasteiger partial charge in [-0.25, -0.2) is 0 Å². The lowest BCUT2D eigenvalue weighted by atomic mass is 10.1. The van der Waals surface area contributed by atoms with Gasteiger partial charge in [-0.3, -0.25) is 4.79 Å². The molecule has 1 N–H and O–H groups in total. The Hall–Kier alpha value is -3.59. The van der Waals surface area contributed by atoms with Crippen LogP contribution in [0.15, 0.2) is 53.1 Å². The smallest absolute Gasteiger partial charge is 0.229 e. The summed E-state index contributed by atoms with van der Waals surface area (Å²) in [4.78, 5) is 12.3. The Kier molecular flexibility index (Phi) is 5.53. The maximum Gasteiger partial charge on any atom is 0.229 e. The molecular weight excluding hydrogens is 342 g/mol. The highest BCUT2D eigenvalue weighted by Crippen LogP contribution is 2.20. The highest BCUT2D eigenvalue weighted by molar-refractivity contribution is 5.92. The van der Waals surface area contributed by atoms with Crippen molar-refractivity contribution in [3.8, 4) is 11.8 Å². The number of nitriles is 1. The molecule has 27 heavy (non-hydrogen) atoms. The van der Waals surface area contributed by atoms with Gasteiger partial charge in [0, 0.05) is 17.3 Å². The van der Waals surface area contributed by atoms with Crippen LogP contribution < -0.4 is 10.1 Å². The number of aryl methyl sites for hydroxylation is 2. The van der Waals surface area contributed by atoms with Crippen LogP contribution in [0.1, 0.15) is 28.1 Å². The van der Waals surface area contributed by atoms with Crippen LogP contribution in [0.5, 0.6) is 5.75 Å². The summed E-state index contributed by atoms with van der Waals surface area (Å²) in [6.45, 7) is 3.94. The number of carbonyl (C=O) groups is 1. The molecule has 1 aromatic heterocycles. The Morgan fingerprint density at radius 2 is 2.04 bits per heavy atom. The van der Waals surface area contributed by atoms with Gasteiger partial charge >= 0.3 is 0 Å². The molecule has 0 bridgehead atoms. The van der Waals surface area contributed by atoms with Gasteiger partial charge in [0.15, 0.2) is 0 Å². The van der Waals surface area contributed by atoms with Crippen molar-refractivity contribution in [3.63, 3.8) is 0 Å². The molecule has 1 amide bonds. The molecule has 0 saturated heterocycles. The molecule has 0 aliphatic rings. The van der Waals surface area contributed by atoms with Gasteiger partial charge < -0.3 is 14.6 Å². The zero-order valence-electron chi connectivity index (χ0n) is 15.2. The Labute approximate surface area is 157 Å². The molecule has 1 heterocycles. The van der Waals surface area contributed by atoms with Crippen molar-refractivity contribution in [2.24, 2.45) is 0 Å². The van der Waals surface area contributed by atoms with Gasteiger partial charge in [0.1, 0.15) is 18.1 Å². The molecule has 2 aromatic carbocycles. The second-order valence-electron chi connectivity index (χ2n) is 6.16. The summed E-state index contributed by atoms with van der Waals surface area (Å²) in [5.74, 6) is 1.13. The van der Waals surface area contributed by atoms with E-state index in [1.165, 1.54) is 0 Å². The van der Waals surface area contributed by atoms with Crippen molar-refractivity contribution in [2.75, 3.05) is 5.32 Å². The normalized spacial score (nSPS) is 10.3. The zero-order chi connectivity index (χ0) is 19.2. The summed E-state index contributed by atoms with van der Waals surface area (Å²) in [6, 6.07) is 16.6. The number of rotatable bonds is 6. The van der Waals surface area contributed by atoms with Crippen LogP contribution in [0.3, 0.4) is 0 Å². The minimum absolute atomic E-state index is 0.150. The molecule has 0 spiro atoms. The third kappa shape index (κ3) is 4.73. The van der Waals surface area contributed by atoms with E-state index >= 15 is 0 Å². The van der Waals surface area contributed by atoms with Crippen LogP contribution in [0, 0.1) is 25.2 Å². The molecule has 3 aromatic rings. The SMILES string of the molecule is Cc1noc(C)c1CC(=O)Nc1cccc(OCc2cccc(C#N)c2)c1. The van der Waals surface area contributed by atoms with E-state index in [4.69, 9.17) is 14.5 Å². The van der Waals surface area contributed by atoms with Crippen LogP contribution in [-0.4, -0.2) is 11.1 Å². The first-order chi connectivity index (χ1) is 13.0. The average Bonchev–Trinajstić information content (AvgIpc) is 2.99. The van der Waals surface area contributed by atoms with E-state index in [9.17, 15) is 4.79 Å². The Bertz CT molecular complexity index is 982. The summed E-state index contributed by atoms with van der Waals surface area (Å²) in [7, 11) is 0. The number of anilines is 1. The fraction of sp³-hybridized carbons (Fsp3) is 0.190. The maximum atomic E-state index is 12.3. The highest BCUT2D eigenvalue weighted by Gasteiger charge is 2.13. The number of nitrogens with one attached hydrogen (secondary N) is 1. The number of nitrogens with zero attached hydrogens (tertiary/aromatic N) is 2. The van der Waals surface area contributed by atoms with Crippen molar-refractivity contribution in [2.45, 2.75) is 26.9 Å². The molecule has 0 fully saturated rings. The van der Waals surface area contributed by atoms with Gasteiger partial charge in [-0.05, 0) is 43.7 Å². The van der Waals surface area contributed by atoms with Gasteiger partial charge in [-0.1, -0.05) is 23.4 Å². The number of amides is 1. The summed E-state index contributed by atoms with van der Waals surface area (Å²) in [5.41, 5.74) is 3.67. The molecule has 0 atom stereocenters. The summed E-state index contributed by atoms with van der Waals surface area (Å²) < 4.78 is 10.9. The van der Waals surface area contributed by atoms with E-state index in [1.54, 1.807) is 31.2 Å². The second-order valence-corrected chi connectivity index (χ2v) is 6.16. The molecule has 0 radical (unpaired) electrons. The lowest BCUT2D eigenvalue weighted by Gasteiger charge is -2.09. The van der Waals surface area contributed by atoms with Gasteiger partial charge in [0.25, 0.3) is 0 Å². The molecule has 0 aliphatic heterocycles. The summed E-state index contributed by atoms with van der Waals surface area (Å²) in [6.07, 6.45) is 0.202. The van der Waals surface area contributed by atoms with Crippen molar-refractivity contribution < 1.29 is 14.1 Å². The van der Waals surface area contributed by atoms with Crippen molar-refractivity contribution >= 4 is 11.6 Å². The standard InChI is InChI=1S/C21H19N3O3/c1-14-20(15(2)27-24-14)11-21(25)23-18-7-4-8-19(10-18)26-13-17-6-3-5-16(9-17)12-22/h3-10H,11,13H2,1-2H3,(H,23,25). The van der Waals surface area contributed by atoms with E-state index in [0.717, 1.165) is 16.8 Å². The number of benzene rings is 2. The van der Waals surface area contributed by atoms with E-state index in [-0.39, 0.29) is 12.3 Å². The number of ether oxygens (including phenoxy) is 1. The first-order valence-electron chi connectivity index (χ1n) is 8.48. The number of hydrogen-bond donors (Lipinski definition) is 1. The average molecular weight is 361 g/mol. The van der Waals surface area contributed by atoms with Gasteiger partial charge in [-0.2, -0.15) is 5.26 Å². The quantitative estimate of drug-likeness (QED) is 0.719. The van der Waals surface area contributed by atoms with E-state index < -0.39 is 0 Å². The fourth-order valence-electron chi connectivity index (χ4n) is 2.68. The molecule has 0 unspecified atom stereocenters. The number of carbonyl (C=O) groups excluding carboxylic acids is 1. The van der Waals surface area contributed by atoms with Crippen molar-refractivity contribution in [1.29, 1.82) is 5.26 Å². The largest absolute Gasteiger partial charge is 0.489 e.